The van der Waals surface area contributed by atoms with Crippen LogP contribution in [-0.2, 0) is 5.41 Å². The van der Waals surface area contributed by atoms with E-state index in [-0.39, 0.29) is 12.0 Å². The minimum absolute atomic E-state index is 0.0767. The van der Waals surface area contributed by atoms with Gasteiger partial charge in [0, 0.05) is 12.0 Å². The quantitative estimate of drug-likeness (QED) is 0.840. The minimum atomic E-state index is -4.27. The Morgan fingerprint density at radius 2 is 1.79 bits per heavy atom. The average Bonchev–Trinajstić information content (AvgIpc) is 2.25. The van der Waals surface area contributed by atoms with Gasteiger partial charge in [-0.05, 0) is 29.5 Å². The van der Waals surface area contributed by atoms with Crippen LogP contribution in [0.1, 0.15) is 42.6 Å². The van der Waals surface area contributed by atoms with Gasteiger partial charge in [-0.2, -0.15) is 13.2 Å². The molecule has 0 aliphatic rings. The Kier molecular flexibility index (Phi) is 4.22. The van der Waals surface area contributed by atoms with Crippen LogP contribution in [-0.4, -0.2) is 12.1 Å². The first-order valence-corrected chi connectivity index (χ1v) is 5.69. The zero-order valence-electron chi connectivity index (χ0n) is 10.6. The maximum atomic E-state index is 13.1. The molecule has 1 amide bonds. The molecular formula is C13H15F4NO. The Bertz CT molecular complexity index is 480. The number of benzene rings is 1. The van der Waals surface area contributed by atoms with Gasteiger partial charge in [-0.1, -0.05) is 19.9 Å². The SMILES string of the molecule is CC(C)(CCC(F)(F)F)c1ccc(F)cc1C(N)=O. The molecule has 0 spiro atoms. The predicted molar refractivity (Wildman–Crippen MR) is 63.2 cm³/mol. The van der Waals surface area contributed by atoms with Gasteiger partial charge in [0.05, 0.1) is 0 Å². The second-order valence-corrected chi connectivity index (χ2v) is 5.05. The highest BCUT2D eigenvalue weighted by atomic mass is 19.4. The second kappa shape index (κ2) is 5.19. The summed E-state index contributed by atoms with van der Waals surface area (Å²) in [7, 11) is 0. The summed E-state index contributed by atoms with van der Waals surface area (Å²) in [6.45, 7) is 3.14. The molecule has 0 bridgehead atoms. The number of carbonyl (C=O) groups excluding carboxylic acids is 1. The van der Waals surface area contributed by atoms with Crippen molar-refractivity contribution in [2.75, 3.05) is 0 Å². The van der Waals surface area contributed by atoms with E-state index in [9.17, 15) is 22.4 Å². The monoisotopic (exact) mass is 277 g/mol. The van der Waals surface area contributed by atoms with Gasteiger partial charge in [-0.3, -0.25) is 4.79 Å². The van der Waals surface area contributed by atoms with Crippen molar-refractivity contribution in [1.82, 2.24) is 0 Å². The normalized spacial score (nSPS) is 12.5. The summed E-state index contributed by atoms with van der Waals surface area (Å²) < 4.78 is 49.9. The lowest BCUT2D eigenvalue weighted by molar-refractivity contribution is -0.138. The summed E-state index contributed by atoms with van der Waals surface area (Å²) in [5.74, 6) is -1.50. The number of hydrogen-bond donors (Lipinski definition) is 1. The highest BCUT2D eigenvalue weighted by Crippen LogP contribution is 2.35. The largest absolute Gasteiger partial charge is 0.389 e. The molecular weight excluding hydrogens is 262 g/mol. The second-order valence-electron chi connectivity index (χ2n) is 5.05. The van der Waals surface area contributed by atoms with Gasteiger partial charge in [0.25, 0.3) is 0 Å². The van der Waals surface area contributed by atoms with E-state index < -0.39 is 29.7 Å². The number of rotatable bonds is 4. The third-order valence-corrected chi connectivity index (χ3v) is 3.01. The van der Waals surface area contributed by atoms with Crippen molar-refractivity contribution < 1.29 is 22.4 Å². The van der Waals surface area contributed by atoms with Crippen LogP contribution in [0, 0.1) is 5.82 Å². The Morgan fingerprint density at radius 3 is 2.26 bits per heavy atom. The molecule has 0 saturated carbocycles. The zero-order valence-corrected chi connectivity index (χ0v) is 10.6. The van der Waals surface area contributed by atoms with Crippen LogP contribution in [0.2, 0.25) is 0 Å². The molecule has 2 nitrogen and oxygen atoms in total. The molecule has 0 heterocycles. The first kappa shape index (κ1) is 15.5. The number of hydrogen-bond acceptors (Lipinski definition) is 1. The van der Waals surface area contributed by atoms with Crippen molar-refractivity contribution in [1.29, 1.82) is 0 Å². The summed E-state index contributed by atoms with van der Waals surface area (Å²) in [4.78, 5) is 11.3. The maximum absolute atomic E-state index is 13.1. The molecule has 0 aromatic heterocycles. The standard InChI is InChI=1S/C13H15F4NO/c1-12(2,5-6-13(15,16)17)10-4-3-8(14)7-9(10)11(18)19/h3-4,7H,5-6H2,1-2H3,(H2,18,19). The number of primary amides is 1. The van der Waals surface area contributed by atoms with Gasteiger partial charge in [0.2, 0.25) is 5.91 Å². The van der Waals surface area contributed by atoms with E-state index in [0.717, 1.165) is 12.1 Å². The van der Waals surface area contributed by atoms with Crippen LogP contribution in [0.4, 0.5) is 17.6 Å². The van der Waals surface area contributed by atoms with Gasteiger partial charge in [-0.15, -0.1) is 0 Å². The summed E-state index contributed by atoms with van der Waals surface area (Å²) in [6, 6.07) is 3.37. The Morgan fingerprint density at radius 1 is 1.21 bits per heavy atom. The van der Waals surface area contributed by atoms with Gasteiger partial charge in [-0.25, -0.2) is 4.39 Å². The number of carbonyl (C=O) groups is 1. The highest BCUT2D eigenvalue weighted by Gasteiger charge is 2.33. The van der Waals surface area contributed by atoms with E-state index in [2.05, 4.69) is 0 Å². The molecule has 0 fully saturated rings. The van der Waals surface area contributed by atoms with Crippen LogP contribution in [0.25, 0.3) is 0 Å². The van der Waals surface area contributed by atoms with Crippen molar-refractivity contribution in [3.05, 3.63) is 35.1 Å². The summed E-state index contributed by atoms with van der Waals surface area (Å²) >= 11 is 0. The van der Waals surface area contributed by atoms with E-state index in [4.69, 9.17) is 5.73 Å². The van der Waals surface area contributed by atoms with Crippen LogP contribution in [0.5, 0.6) is 0 Å². The molecule has 19 heavy (non-hydrogen) atoms. The Hall–Kier alpha value is -1.59. The molecule has 0 unspecified atom stereocenters. The van der Waals surface area contributed by atoms with Crippen LogP contribution in [0.15, 0.2) is 18.2 Å². The Labute approximate surface area is 108 Å². The molecule has 106 valence electrons. The van der Waals surface area contributed by atoms with Crippen molar-refractivity contribution in [3.8, 4) is 0 Å². The smallest absolute Gasteiger partial charge is 0.366 e. The Balaban J connectivity index is 3.10. The average molecular weight is 277 g/mol. The molecule has 1 aromatic carbocycles. The molecule has 1 rings (SSSR count). The molecule has 1 aromatic rings. The van der Waals surface area contributed by atoms with Gasteiger partial charge >= 0.3 is 6.18 Å². The first-order valence-electron chi connectivity index (χ1n) is 5.69. The van der Waals surface area contributed by atoms with Gasteiger partial charge < -0.3 is 5.73 Å². The number of amides is 1. The minimum Gasteiger partial charge on any atom is -0.366 e. The summed E-state index contributed by atoms with van der Waals surface area (Å²) in [6.07, 6.45) is -5.46. The molecule has 0 radical (unpaired) electrons. The van der Waals surface area contributed by atoms with Crippen LogP contribution < -0.4 is 5.73 Å². The number of alkyl halides is 3. The molecule has 2 N–H and O–H groups in total. The molecule has 0 atom stereocenters. The van der Waals surface area contributed by atoms with Crippen molar-refractivity contribution >= 4 is 5.91 Å². The summed E-state index contributed by atoms with van der Waals surface area (Å²) in [5.41, 5.74) is 4.46. The molecule has 0 saturated heterocycles. The molecule has 6 heteroatoms. The van der Waals surface area contributed by atoms with Gasteiger partial charge in [0.15, 0.2) is 0 Å². The number of nitrogens with two attached hydrogens (primary N) is 1. The van der Waals surface area contributed by atoms with E-state index in [0.29, 0.717) is 5.56 Å². The lowest BCUT2D eigenvalue weighted by Gasteiger charge is -2.27. The van der Waals surface area contributed by atoms with Crippen molar-refractivity contribution in [3.63, 3.8) is 0 Å². The maximum Gasteiger partial charge on any atom is 0.389 e. The highest BCUT2D eigenvalue weighted by molar-refractivity contribution is 5.94. The fourth-order valence-electron chi connectivity index (χ4n) is 1.90. The fraction of sp³-hybridized carbons (Fsp3) is 0.462. The zero-order chi connectivity index (χ0) is 14.8. The van der Waals surface area contributed by atoms with Gasteiger partial charge in [0.1, 0.15) is 5.82 Å². The topological polar surface area (TPSA) is 43.1 Å². The lowest BCUT2D eigenvalue weighted by atomic mass is 9.78. The van der Waals surface area contributed by atoms with E-state index in [1.165, 1.54) is 6.07 Å². The van der Waals surface area contributed by atoms with E-state index in [1.807, 2.05) is 0 Å². The van der Waals surface area contributed by atoms with Crippen molar-refractivity contribution in [2.24, 2.45) is 5.73 Å². The van der Waals surface area contributed by atoms with Crippen molar-refractivity contribution in [2.45, 2.75) is 38.3 Å². The van der Waals surface area contributed by atoms with E-state index in [1.54, 1.807) is 13.8 Å². The summed E-state index contributed by atoms with van der Waals surface area (Å²) in [5, 5.41) is 0. The predicted octanol–water partition coefficient (Wildman–Crippen LogP) is 3.54. The van der Waals surface area contributed by atoms with Crippen LogP contribution in [0.3, 0.4) is 0 Å². The molecule has 0 aliphatic carbocycles. The fourth-order valence-corrected chi connectivity index (χ4v) is 1.90. The third-order valence-electron chi connectivity index (χ3n) is 3.01. The number of halogens is 4. The lowest BCUT2D eigenvalue weighted by Crippen LogP contribution is -2.26. The van der Waals surface area contributed by atoms with E-state index >= 15 is 0 Å². The third kappa shape index (κ3) is 4.22. The van der Waals surface area contributed by atoms with Crippen LogP contribution >= 0.6 is 0 Å². The molecule has 0 aliphatic heterocycles. The first-order chi connectivity index (χ1) is 8.53.